The number of hydrogen-bond acceptors (Lipinski definition) is 3. The van der Waals surface area contributed by atoms with Gasteiger partial charge in [0.2, 0.25) is 5.78 Å². The zero-order valence-electron chi connectivity index (χ0n) is 13.7. The van der Waals surface area contributed by atoms with Crippen LogP contribution >= 0.6 is 0 Å². The Balaban J connectivity index is 2.41. The summed E-state index contributed by atoms with van der Waals surface area (Å²) in [6.07, 6.45) is 1.31. The number of aromatic nitrogens is 1. The summed E-state index contributed by atoms with van der Waals surface area (Å²) >= 11 is 0. The molecule has 1 heterocycles. The van der Waals surface area contributed by atoms with Gasteiger partial charge in [0.15, 0.2) is 12.2 Å². The first kappa shape index (κ1) is 16.3. The lowest BCUT2D eigenvalue weighted by Crippen LogP contribution is -2.17. The second-order valence-electron chi connectivity index (χ2n) is 6.42. The Kier molecular flexibility index (Phi) is 4.67. The van der Waals surface area contributed by atoms with Crippen molar-refractivity contribution in [3.8, 4) is 11.5 Å². The number of carbonyl (C=O) groups is 1. The summed E-state index contributed by atoms with van der Waals surface area (Å²) < 4.78 is 5.24. The first-order valence-corrected chi connectivity index (χ1v) is 10.9. The number of hydrogen-bond donors (Lipinski definition) is 0. The van der Waals surface area contributed by atoms with E-state index in [-0.39, 0.29) is 11.7 Å². The lowest BCUT2D eigenvalue weighted by atomic mass is 9.93. The molecule has 0 radical (unpaired) electrons. The minimum Gasteiger partial charge on any atom is -0.440 e. The van der Waals surface area contributed by atoms with Crippen LogP contribution in [0.3, 0.4) is 0 Å². The van der Waals surface area contributed by atoms with E-state index in [1.165, 1.54) is 6.39 Å². The second-order valence-corrected chi connectivity index (χ2v) is 11.2. The molecule has 0 amide bonds. The Morgan fingerprint density at radius 2 is 1.95 bits per heavy atom. The molecular formula is C18H21NO2Si. The van der Waals surface area contributed by atoms with Gasteiger partial charge in [-0.2, -0.15) is 0 Å². The Bertz CT molecular complexity index is 744. The minimum atomic E-state index is -1.43. The van der Waals surface area contributed by atoms with Crippen molar-refractivity contribution in [3.63, 3.8) is 0 Å². The van der Waals surface area contributed by atoms with Gasteiger partial charge in [0, 0.05) is 11.5 Å². The van der Waals surface area contributed by atoms with E-state index in [2.05, 4.69) is 36.1 Å². The van der Waals surface area contributed by atoms with Crippen LogP contribution in [0, 0.1) is 18.4 Å². The fourth-order valence-corrected chi connectivity index (χ4v) is 2.78. The van der Waals surface area contributed by atoms with Crippen molar-refractivity contribution in [2.75, 3.05) is 0 Å². The predicted molar refractivity (Wildman–Crippen MR) is 90.7 cm³/mol. The number of ketones is 1. The molecule has 0 saturated carbocycles. The van der Waals surface area contributed by atoms with Gasteiger partial charge < -0.3 is 4.42 Å². The van der Waals surface area contributed by atoms with Crippen LogP contribution in [-0.4, -0.2) is 18.8 Å². The fraction of sp³-hybridized carbons (Fsp3) is 0.333. The van der Waals surface area contributed by atoms with Crippen LogP contribution in [0.5, 0.6) is 0 Å². The Morgan fingerprint density at radius 3 is 2.55 bits per heavy atom. The fourth-order valence-electron chi connectivity index (χ4n) is 2.13. The summed E-state index contributed by atoms with van der Waals surface area (Å²) in [5.74, 6) is 3.49. The number of nitrogens with zero attached hydrogens (tertiary/aromatic N) is 1. The molecule has 1 atom stereocenters. The first-order chi connectivity index (χ1) is 10.3. The van der Waals surface area contributed by atoms with Crippen LogP contribution in [-0.2, 0) is 0 Å². The SMILES string of the molecule is Cc1ncoc1C(=O)c1ccccc1C(C)C#C[Si](C)(C)C. The van der Waals surface area contributed by atoms with Crippen molar-refractivity contribution in [2.24, 2.45) is 0 Å². The number of oxazole rings is 1. The normalized spacial score (nSPS) is 12.4. The number of aryl methyl sites for hydroxylation is 1. The van der Waals surface area contributed by atoms with Gasteiger partial charge in [-0.1, -0.05) is 43.9 Å². The molecular weight excluding hydrogens is 290 g/mol. The molecule has 0 aliphatic carbocycles. The lowest BCUT2D eigenvalue weighted by Gasteiger charge is -2.11. The summed E-state index contributed by atoms with van der Waals surface area (Å²) in [6, 6.07) is 7.59. The third kappa shape index (κ3) is 3.74. The van der Waals surface area contributed by atoms with Crippen LogP contribution in [0.15, 0.2) is 35.1 Å². The topological polar surface area (TPSA) is 43.1 Å². The van der Waals surface area contributed by atoms with E-state index in [0.717, 1.165) is 5.56 Å². The van der Waals surface area contributed by atoms with Crippen LogP contribution < -0.4 is 0 Å². The molecule has 1 unspecified atom stereocenters. The van der Waals surface area contributed by atoms with Crippen molar-refractivity contribution >= 4 is 13.9 Å². The highest BCUT2D eigenvalue weighted by Gasteiger charge is 2.21. The average molecular weight is 311 g/mol. The van der Waals surface area contributed by atoms with E-state index in [4.69, 9.17) is 4.42 Å². The minimum absolute atomic E-state index is 0.00935. The van der Waals surface area contributed by atoms with Crippen LogP contribution in [0.1, 0.15) is 40.2 Å². The molecule has 0 aliphatic rings. The monoisotopic (exact) mass is 311 g/mol. The van der Waals surface area contributed by atoms with Gasteiger partial charge in [-0.15, -0.1) is 11.5 Å². The van der Waals surface area contributed by atoms with Crippen molar-refractivity contribution < 1.29 is 9.21 Å². The molecule has 114 valence electrons. The molecule has 0 N–H and O–H groups in total. The van der Waals surface area contributed by atoms with Gasteiger partial charge in [-0.05, 0) is 19.4 Å². The van der Waals surface area contributed by atoms with Gasteiger partial charge in [-0.25, -0.2) is 4.98 Å². The summed E-state index contributed by atoms with van der Waals surface area (Å²) in [5.41, 5.74) is 5.56. The van der Waals surface area contributed by atoms with E-state index in [1.807, 2.05) is 31.2 Å². The average Bonchev–Trinajstić information content (AvgIpc) is 2.89. The molecule has 4 heteroatoms. The van der Waals surface area contributed by atoms with E-state index in [1.54, 1.807) is 6.92 Å². The van der Waals surface area contributed by atoms with Gasteiger partial charge >= 0.3 is 0 Å². The lowest BCUT2D eigenvalue weighted by molar-refractivity contribution is 0.101. The zero-order chi connectivity index (χ0) is 16.3. The van der Waals surface area contributed by atoms with Crippen LogP contribution in [0.25, 0.3) is 0 Å². The molecule has 2 aromatic rings. The maximum Gasteiger partial charge on any atom is 0.230 e. The smallest absolute Gasteiger partial charge is 0.230 e. The Labute approximate surface area is 132 Å². The van der Waals surface area contributed by atoms with Gasteiger partial charge in [-0.3, -0.25) is 4.79 Å². The Hall–Kier alpha value is -2.12. The van der Waals surface area contributed by atoms with Gasteiger partial charge in [0.1, 0.15) is 8.07 Å². The molecule has 22 heavy (non-hydrogen) atoms. The van der Waals surface area contributed by atoms with Crippen LogP contribution in [0.2, 0.25) is 19.6 Å². The number of rotatable bonds is 3. The summed E-state index contributed by atoms with van der Waals surface area (Å²) in [4.78, 5) is 16.7. The zero-order valence-corrected chi connectivity index (χ0v) is 14.7. The highest BCUT2D eigenvalue weighted by Crippen LogP contribution is 2.23. The molecule has 0 spiro atoms. The third-order valence-electron chi connectivity index (χ3n) is 3.29. The molecule has 1 aromatic carbocycles. The molecule has 1 aromatic heterocycles. The second kappa shape index (κ2) is 6.33. The molecule has 3 nitrogen and oxygen atoms in total. The van der Waals surface area contributed by atoms with Crippen molar-refractivity contribution in [1.29, 1.82) is 0 Å². The highest BCUT2D eigenvalue weighted by atomic mass is 28.3. The molecule has 0 fully saturated rings. The van der Waals surface area contributed by atoms with Gasteiger partial charge in [0.05, 0.1) is 5.69 Å². The number of benzene rings is 1. The van der Waals surface area contributed by atoms with Crippen molar-refractivity contribution in [2.45, 2.75) is 39.4 Å². The first-order valence-electron chi connectivity index (χ1n) is 7.36. The maximum atomic E-state index is 12.7. The summed E-state index contributed by atoms with van der Waals surface area (Å²) in [5, 5.41) is 0. The van der Waals surface area contributed by atoms with E-state index in [9.17, 15) is 4.79 Å². The third-order valence-corrected chi connectivity index (χ3v) is 4.18. The maximum absolute atomic E-state index is 12.7. The molecule has 0 bridgehead atoms. The van der Waals surface area contributed by atoms with Crippen molar-refractivity contribution in [3.05, 3.63) is 53.2 Å². The van der Waals surface area contributed by atoms with Gasteiger partial charge in [0.25, 0.3) is 0 Å². The Morgan fingerprint density at radius 1 is 1.27 bits per heavy atom. The van der Waals surface area contributed by atoms with E-state index < -0.39 is 8.07 Å². The standard InChI is InChI=1S/C18H21NO2Si/c1-13(10-11-22(3,4)5)15-8-6-7-9-16(15)17(20)18-14(2)19-12-21-18/h6-9,12-13H,1-5H3. The summed E-state index contributed by atoms with van der Waals surface area (Å²) in [6.45, 7) is 10.4. The largest absolute Gasteiger partial charge is 0.440 e. The highest BCUT2D eigenvalue weighted by molar-refractivity contribution is 6.83. The van der Waals surface area contributed by atoms with E-state index >= 15 is 0 Å². The number of carbonyl (C=O) groups excluding carboxylic acids is 1. The van der Waals surface area contributed by atoms with Crippen molar-refractivity contribution in [1.82, 2.24) is 4.98 Å². The molecule has 2 rings (SSSR count). The predicted octanol–water partition coefficient (Wildman–Crippen LogP) is 4.20. The van der Waals surface area contributed by atoms with Crippen LogP contribution in [0.4, 0.5) is 0 Å². The van der Waals surface area contributed by atoms with E-state index in [0.29, 0.717) is 17.0 Å². The quantitative estimate of drug-likeness (QED) is 0.485. The summed E-state index contributed by atoms with van der Waals surface area (Å²) in [7, 11) is -1.43. The molecule has 0 aliphatic heterocycles. The molecule has 0 saturated heterocycles.